The molecule has 0 aliphatic heterocycles. The highest BCUT2D eigenvalue weighted by molar-refractivity contribution is 5.93. The van der Waals surface area contributed by atoms with Gasteiger partial charge in [0.2, 0.25) is 0 Å². The van der Waals surface area contributed by atoms with E-state index in [0.29, 0.717) is 41.2 Å². The number of hydrogen-bond donors (Lipinski definition) is 1. The summed E-state index contributed by atoms with van der Waals surface area (Å²) in [6.45, 7) is 6.42. The molecule has 3 aromatic rings. The molecule has 0 bridgehead atoms. The summed E-state index contributed by atoms with van der Waals surface area (Å²) >= 11 is 0. The van der Waals surface area contributed by atoms with E-state index in [4.69, 9.17) is 19.6 Å². The molecule has 216 valence electrons. The predicted molar refractivity (Wildman–Crippen MR) is 159 cm³/mol. The molecule has 0 radical (unpaired) electrons. The monoisotopic (exact) mass is 559 g/mol. The molecular formula is C34H38FNO5. The van der Waals surface area contributed by atoms with Crippen LogP contribution in [0.2, 0.25) is 0 Å². The smallest absolute Gasteiger partial charge is 0.343 e. The van der Waals surface area contributed by atoms with Gasteiger partial charge in [0.25, 0.3) is 0 Å². The summed E-state index contributed by atoms with van der Waals surface area (Å²) in [5.74, 6) is -0.408. The number of rotatable bonds is 17. The highest BCUT2D eigenvalue weighted by Gasteiger charge is 2.14. The molecule has 6 nitrogen and oxygen atoms in total. The number of carbonyl (C=O) groups excluding carboxylic acids is 2. The average Bonchev–Trinajstić information content (AvgIpc) is 2.99. The molecule has 0 spiro atoms. The fraction of sp³-hybridized carbons (Fsp3) is 0.324. The third-order valence-electron chi connectivity index (χ3n) is 6.59. The molecule has 0 aromatic heterocycles. The van der Waals surface area contributed by atoms with Gasteiger partial charge in [0, 0.05) is 23.4 Å². The second kappa shape index (κ2) is 16.8. The van der Waals surface area contributed by atoms with Crippen molar-refractivity contribution >= 4 is 18.2 Å². The van der Waals surface area contributed by atoms with Crippen LogP contribution in [0, 0.1) is 11.2 Å². The van der Waals surface area contributed by atoms with Crippen LogP contribution in [0.25, 0.3) is 11.1 Å². The third-order valence-corrected chi connectivity index (χ3v) is 6.59. The van der Waals surface area contributed by atoms with Crippen molar-refractivity contribution in [3.8, 4) is 22.6 Å². The van der Waals surface area contributed by atoms with E-state index in [1.807, 2.05) is 6.07 Å². The number of unbranched alkanes of at least 4 members (excludes halogenated alkanes) is 5. The van der Waals surface area contributed by atoms with Crippen molar-refractivity contribution in [2.24, 2.45) is 0 Å². The number of ether oxygens (including phenoxy) is 3. The van der Waals surface area contributed by atoms with Crippen molar-refractivity contribution in [1.82, 2.24) is 0 Å². The topological polar surface area (TPSA) is 85.7 Å². The van der Waals surface area contributed by atoms with Gasteiger partial charge >= 0.3 is 11.9 Å². The molecule has 7 heteroatoms. The number of benzene rings is 3. The van der Waals surface area contributed by atoms with Gasteiger partial charge in [0.05, 0.1) is 18.8 Å². The Kier molecular flexibility index (Phi) is 12.8. The second-order valence-electron chi connectivity index (χ2n) is 9.72. The lowest BCUT2D eigenvalue weighted by Gasteiger charge is -2.11. The van der Waals surface area contributed by atoms with Crippen molar-refractivity contribution < 1.29 is 28.2 Å². The van der Waals surface area contributed by atoms with Gasteiger partial charge in [-0.2, -0.15) is 0 Å². The SMILES string of the molecule is C=CC(=O)OCCCCCCOc1ccc(C(=O)Oc2ccc(-c3ccc(CCCCC)cc3F)cc2C=N)cc1. The summed E-state index contributed by atoms with van der Waals surface area (Å²) in [5.41, 5.74) is 2.74. The molecule has 0 aliphatic carbocycles. The maximum Gasteiger partial charge on any atom is 0.343 e. The molecule has 0 fully saturated rings. The van der Waals surface area contributed by atoms with E-state index in [9.17, 15) is 14.0 Å². The Hall–Kier alpha value is -4.26. The Balaban J connectivity index is 1.51. The summed E-state index contributed by atoms with van der Waals surface area (Å²) in [7, 11) is 0. The first-order chi connectivity index (χ1) is 19.9. The van der Waals surface area contributed by atoms with Crippen LogP contribution in [-0.4, -0.2) is 31.4 Å². The lowest BCUT2D eigenvalue weighted by atomic mass is 9.99. The molecule has 0 saturated carbocycles. The van der Waals surface area contributed by atoms with Crippen molar-refractivity contribution in [2.75, 3.05) is 13.2 Å². The van der Waals surface area contributed by atoms with E-state index in [2.05, 4.69) is 13.5 Å². The minimum atomic E-state index is -0.563. The van der Waals surface area contributed by atoms with Crippen LogP contribution in [0.5, 0.6) is 11.5 Å². The standard InChI is InChI=1S/C34H38FNO5/c1-3-5-8-11-25-12-18-30(31(35)22-25)27-15-19-32(28(23-27)24-36)41-34(38)26-13-16-29(17-14-26)39-20-9-6-7-10-21-40-33(37)4-2/h4,12-19,22-24,36H,2-3,5-11,20-21H2,1H3. The fourth-order valence-electron chi connectivity index (χ4n) is 4.27. The molecule has 0 unspecified atom stereocenters. The van der Waals surface area contributed by atoms with Crippen molar-refractivity contribution in [3.63, 3.8) is 0 Å². The Labute approximate surface area is 241 Å². The van der Waals surface area contributed by atoms with Crippen molar-refractivity contribution in [1.29, 1.82) is 5.41 Å². The highest BCUT2D eigenvalue weighted by Crippen LogP contribution is 2.29. The lowest BCUT2D eigenvalue weighted by molar-refractivity contribution is -0.137. The Morgan fingerprint density at radius 2 is 1.66 bits per heavy atom. The number of halogens is 1. The molecule has 3 rings (SSSR count). The van der Waals surface area contributed by atoms with Gasteiger partial charge in [0.15, 0.2) is 0 Å². The summed E-state index contributed by atoms with van der Waals surface area (Å²) < 4.78 is 31.1. The average molecular weight is 560 g/mol. The van der Waals surface area contributed by atoms with Crippen LogP contribution >= 0.6 is 0 Å². The maximum absolute atomic E-state index is 14.9. The van der Waals surface area contributed by atoms with Crippen molar-refractivity contribution in [3.05, 3.63) is 95.8 Å². The Morgan fingerprint density at radius 3 is 2.34 bits per heavy atom. The normalized spacial score (nSPS) is 10.6. The van der Waals surface area contributed by atoms with E-state index in [0.717, 1.165) is 69.2 Å². The van der Waals surface area contributed by atoms with E-state index in [1.165, 1.54) is 0 Å². The van der Waals surface area contributed by atoms with Crippen LogP contribution in [0.3, 0.4) is 0 Å². The van der Waals surface area contributed by atoms with Crippen LogP contribution in [0.1, 0.15) is 73.4 Å². The zero-order chi connectivity index (χ0) is 29.5. The molecule has 0 heterocycles. The van der Waals surface area contributed by atoms with Crippen molar-refractivity contribution in [2.45, 2.75) is 58.3 Å². The van der Waals surface area contributed by atoms with Crippen LogP contribution in [-0.2, 0) is 16.0 Å². The molecule has 41 heavy (non-hydrogen) atoms. The van der Waals surface area contributed by atoms with Gasteiger partial charge in [-0.3, -0.25) is 0 Å². The summed E-state index contributed by atoms with van der Waals surface area (Å²) in [4.78, 5) is 23.8. The largest absolute Gasteiger partial charge is 0.494 e. The first-order valence-corrected chi connectivity index (χ1v) is 14.1. The van der Waals surface area contributed by atoms with E-state index >= 15 is 0 Å². The summed E-state index contributed by atoms with van der Waals surface area (Å²) in [6, 6.07) is 16.9. The zero-order valence-corrected chi connectivity index (χ0v) is 23.6. The fourth-order valence-corrected chi connectivity index (χ4v) is 4.27. The van der Waals surface area contributed by atoms with Gasteiger partial charge in [0.1, 0.15) is 17.3 Å². The van der Waals surface area contributed by atoms with Crippen LogP contribution in [0.15, 0.2) is 73.3 Å². The van der Waals surface area contributed by atoms with Gasteiger partial charge in [-0.1, -0.05) is 44.5 Å². The quantitative estimate of drug-likeness (QED) is 0.0594. The molecule has 0 aliphatic rings. The van der Waals surface area contributed by atoms with Gasteiger partial charge in [-0.15, -0.1) is 0 Å². The third kappa shape index (κ3) is 10.0. The van der Waals surface area contributed by atoms with E-state index in [-0.39, 0.29) is 11.6 Å². The number of aryl methyl sites for hydroxylation is 1. The number of esters is 2. The van der Waals surface area contributed by atoms with Gasteiger partial charge in [-0.05, 0) is 92.1 Å². The molecule has 1 N–H and O–H groups in total. The van der Waals surface area contributed by atoms with E-state index < -0.39 is 11.9 Å². The summed E-state index contributed by atoms with van der Waals surface area (Å²) in [6.07, 6.45) is 9.87. The van der Waals surface area contributed by atoms with Gasteiger partial charge < -0.3 is 19.6 Å². The highest BCUT2D eigenvalue weighted by atomic mass is 19.1. The number of carbonyl (C=O) groups is 2. The zero-order valence-electron chi connectivity index (χ0n) is 23.6. The second-order valence-corrected chi connectivity index (χ2v) is 9.72. The molecule has 0 amide bonds. The lowest BCUT2D eigenvalue weighted by Crippen LogP contribution is -2.10. The number of nitrogens with one attached hydrogen (secondary N) is 1. The molecular weight excluding hydrogens is 521 g/mol. The molecule has 3 aromatic carbocycles. The molecule has 0 atom stereocenters. The van der Waals surface area contributed by atoms with E-state index in [1.54, 1.807) is 54.6 Å². The van der Waals surface area contributed by atoms with Gasteiger partial charge in [-0.25, -0.2) is 14.0 Å². The Morgan fingerprint density at radius 1 is 0.902 bits per heavy atom. The molecule has 0 saturated heterocycles. The summed E-state index contributed by atoms with van der Waals surface area (Å²) in [5, 5.41) is 7.81. The minimum absolute atomic E-state index is 0.227. The predicted octanol–water partition coefficient (Wildman–Crippen LogP) is 8.11. The van der Waals surface area contributed by atoms with Crippen LogP contribution < -0.4 is 9.47 Å². The number of hydrogen-bond acceptors (Lipinski definition) is 6. The Bertz CT molecular complexity index is 1320. The van der Waals surface area contributed by atoms with Crippen LogP contribution in [0.4, 0.5) is 4.39 Å². The first-order valence-electron chi connectivity index (χ1n) is 14.1. The minimum Gasteiger partial charge on any atom is -0.494 e. The first kappa shape index (κ1) is 31.3. The maximum atomic E-state index is 14.9.